The molecule has 1 aliphatic carbocycles. The van der Waals surface area contributed by atoms with E-state index in [1.807, 2.05) is 62.7 Å². The Bertz CT molecular complexity index is 1820. The van der Waals surface area contributed by atoms with Crippen LogP contribution in [0.25, 0.3) is 0 Å². The lowest BCUT2D eigenvalue weighted by Crippen LogP contribution is -2.52. The van der Waals surface area contributed by atoms with E-state index in [9.17, 15) is 16.8 Å². The van der Waals surface area contributed by atoms with Gasteiger partial charge in [0, 0.05) is 38.1 Å². The highest BCUT2D eigenvalue weighted by Crippen LogP contribution is 2.40. The Morgan fingerprint density at radius 3 is 2.19 bits per heavy atom. The number of aryl methyl sites for hydroxylation is 1. The van der Waals surface area contributed by atoms with Crippen molar-refractivity contribution in [3.05, 3.63) is 77.1 Å². The van der Waals surface area contributed by atoms with Crippen LogP contribution in [-0.4, -0.2) is 81.0 Å². The van der Waals surface area contributed by atoms with Gasteiger partial charge in [0.25, 0.3) is 0 Å². The number of nitrogens with zero attached hydrogens (tertiary/aromatic N) is 4. The molecule has 0 bridgehead atoms. The predicted octanol–water partition coefficient (Wildman–Crippen LogP) is 6.16. The first kappa shape index (κ1) is 39.1. The first-order chi connectivity index (χ1) is 24.9. The zero-order valence-electron chi connectivity index (χ0n) is 31.7. The van der Waals surface area contributed by atoms with Crippen LogP contribution in [0.4, 0.5) is 0 Å². The maximum Gasteiger partial charge on any atom is 0.246 e. The number of aromatic nitrogens is 2. The van der Waals surface area contributed by atoms with Crippen molar-refractivity contribution in [2.45, 2.75) is 113 Å². The van der Waals surface area contributed by atoms with Gasteiger partial charge in [-0.25, -0.2) is 16.8 Å². The van der Waals surface area contributed by atoms with Crippen molar-refractivity contribution in [2.75, 3.05) is 45.8 Å². The monoisotopic (exact) mass is 752 g/mol. The average molecular weight is 753 g/mol. The van der Waals surface area contributed by atoms with Crippen LogP contribution >= 0.6 is 0 Å². The lowest BCUT2D eigenvalue weighted by atomic mass is 9.73. The first-order valence-corrected chi connectivity index (χ1v) is 22.4. The van der Waals surface area contributed by atoms with Crippen LogP contribution in [-0.2, 0) is 32.0 Å². The molecule has 0 unspecified atom stereocenters. The van der Waals surface area contributed by atoms with Gasteiger partial charge in [-0.15, -0.1) is 0 Å². The van der Waals surface area contributed by atoms with Crippen LogP contribution in [0, 0.1) is 25.7 Å². The van der Waals surface area contributed by atoms with Crippen molar-refractivity contribution in [3.8, 4) is 0 Å². The first-order valence-electron chi connectivity index (χ1n) is 19.5. The van der Waals surface area contributed by atoms with Gasteiger partial charge in [0.1, 0.15) is 4.90 Å². The van der Waals surface area contributed by atoms with Gasteiger partial charge in [0.15, 0.2) is 0 Å². The molecule has 3 fully saturated rings. The molecule has 10 nitrogen and oxygen atoms in total. The zero-order valence-corrected chi connectivity index (χ0v) is 33.3. The Hall–Kier alpha value is -2.61. The third kappa shape index (κ3) is 8.68. The number of piperidine rings is 2. The summed E-state index contributed by atoms with van der Waals surface area (Å²) in [6.45, 7) is 12.9. The summed E-state index contributed by atoms with van der Waals surface area (Å²) in [4.78, 5) is 0.624. The number of rotatable bonds is 14. The minimum atomic E-state index is -3.84. The Morgan fingerprint density at radius 2 is 1.56 bits per heavy atom. The molecule has 1 aromatic heterocycles. The standard InChI is InChI=1S/C40H60N6O4S2/c1-31(2)29-45(51(47,48)38-17-15-34(16-18-38)27-42-28-35-19-23-41-24-20-35)30-40(36-11-7-5-8-12-36)21-25-44(26-22-40)52(49,50)39-32(3)43-46(33(39)4)37-13-9-6-10-14-37/h5,7-8,11-12,15-18,31,35,37,41-42H,6,9-10,13-14,19-30H2,1-4H3. The highest BCUT2D eigenvalue weighted by Gasteiger charge is 2.44. The molecule has 0 atom stereocenters. The van der Waals surface area contributed by atoms with Crippen molar-refractivity contribution < 1.29 is 16.8 Å². The number of nitrogens with one attached hydrogen (secondary N) is 2. The van der Waals surface area contributed by atoms with E-state index in [4.69, 9.17) is 5.10 Å². The zero-order chi connectivity index (χ0) is 36.9. The van der Waals surface area contributed by atoms with Gasteiger partial charge in [-0.05, 0) is 107 Å². The van der Waals surface area contributed by atoms with Crippen LogP contribution in [0.2, 0.25) is 0 Å². The average Bonchev–Trinajstić information content (AvgIpc) is 3.46. The van der Waals surface area contributed by atoms with Gasteiger partial charge in [-0.1, -0.05) is 75.6 Å². The summed E-state index contributed by atoms with van der Waals surface area (Å²) >= 11 is 0. The summed E-state index contributed by atoms with van der Waals surface area (Å²) in [5, 5.41) is 11.7. The quantitative estimate of drug-likeness (QED) is 0.203. The van der Waals surface area contributed by atoms with E-state index in [1.165, 1.54) is 19.3 Å². The third-order valence-electron chi connectivity index (χ3n) is 11.7. The van der Waals surface area contributed by atoms with E-state index in [2.05, 4.69) is 22.8 Å². The molecule has 2 aromatic carbocycles. The van der Waals surface area contributed by atoms with Crippen LogP contribution in [0.5, 0.6) is 0 Å². The lowest BCUT2D eigenvalue weighted by molar-refractivity contribution is 0.189. The molecule has 2 N–H and O–H groups in total. The molecule has 0 radical (unpaired) electrons. The predicted molar refractivity (Wildman–Crippen MR) is 207 cm³/mol. The minimum Gasteiger partial charge on any atom is -0.317 e. The Kier molecular flexibility index (Phi) is 12.6. The number of hydrogen-bond donors (Lipinski definition) is 2. The smallest absolute Gasteiger partial charge is 0.246 e. The molecule has 2 aliphatic heterocycles. The van der Waals surface area contributed by atoms with Gasteiger partial charge in [0.2, 0.25) is 20.0 Å². The van der Waals surface area contributed by atoms with E-state index in [0.29, 0.717) is 60.4 Å². The van der Waals surface area contributed by atoms with Crippen molar-refractivity contribution in [1.29, 1.82) is 0 Å². The molecule has 3 heterocycles. The maximum absolute atomic E-state index is 14.5. The molecular weight excluding hydrogens is 693 g/mol. The minimum absolute atomic E-state index is 0.105. The Labute approximate surface area is 312 Å². The van der Waals surface area contributed by atoms with Crippen molar-refractivity contribution >= 4 is 20.0 Å². The second-order valence-corrected chi connectivity index (χ2v) is 19.8. The molecule has 0 spiro atoms. The van der Waals surface area contributed by atoms with E-state index >= 15 is 0 Å². The van der Waals surface area contributed by atoms with E-state index in [1.54, 1.807) is 20.7 Å². The fourth-order valence-electron chi connectivity index (χ4n) is 8.74. The fourth-order valence-corrected chi connectivity index (χ4v) is 12.2. The van der Waals surface area contributed by atoms with Crippen molar-refractivity contribution in [2.24, 2.45) is 11.8 Å². The number of benzene rings is 2. The highest BCUT2D eigenvalue weighted by molar-refractivity contribution is 7.89. The Morgan fingerprint density at radius 1 is 0.904 bits per heavy atom. The summed E-state index contributed by atoms with van der Waals surface area (Å²) in [7, 11) is -7.64. The van der Waals surface area contributed by atoms with Gasteiger partial charge < -0.3 is 10.6 Å². The highest BCUT2D eigenvalue weighted by atomic mass is 32.2. The topological polar surface area (TPSA) is 117 Å². The van der Waals surface area contributed by atoms with Crippen LogP contribution in [0.15, 0.2) is 64.4 Å². The van der Waals surface area contributed by atoms with E-state index < -0.39 is 25.5 Å². The van der Waals surface area contributed by atoms with E-state index in [0.717, 1.165) is 62.1 Å². The normalized spacial score (nSPS) is 19.8. The number of hydrogen-bond acceptors (Lipinski definition) is 7. The fraction of sp³-hybridized carbons (Fsp3) is 0.625. The number of sulfonamides is 2. The van der Waals surface area contributed by atoms with Gasteiger partial charge >= 0.3 is 0 Å². The molecule has 52 heavy (non-hydrogen) atoms. The molecule has 3 aliphatic rings. The summed E-state index contributed by atoms with van der Waals surface area (Å²) in [6.07, 6.45) is 8.94. The van der Waals surface area contributed by atoms with Gasteiger partial charge in [0.05, 0.1) is 22.3 Å². The van der Waals surface area contributed by atoms with Crippen molar-refractivity contribution in [3.63, 3.8) is 0 Å². The largest absolute Gasteiger partial charge is 0.317 e. The summed E-state index contributed by atoms with van der Waals surface area (Å²) in [5.41, 5.74) is 2.84. The van der Waals surface area contributed by atoms with Crippen LogP contribution < -0.4 is 10.6 Å². The SMILES string of the molecule is Cc1nn(C2CCCCC2)c(C)c1S(=O)(=O)N1CCC(CN(CC(C)C)S(=O)(=O)c2ccc(CNCC3CCNCC3)cc2)(c2ccccc2)CC1. The molecule has 286 valence electrons. The summed E-state index contributed by atoms with van der Waals surface area (Å²) in [5.74, 6) is 0.779. The van der Waals surface area contributed by atoms with Crippen LogP contribution in [0.3, 0.4) is 0 Å². The van der Waals surface area contributed by atoms with E-state index in [-0.39, 0.29) is 18.5 Å². The molecule has 2 saturated heterocycles. The second-order valence-electron chi connectivity index (χ2n) is 15.9. The lowest BCUT2D eigenvalue weighted by Gasteiger charge is -2.44. The second kappa shape index (κ2) is 16.8. The summed E-state index contributed by atoms with van der Waals surface area (Å²) in [6, 6.07) is 17.7. The maximum atomic E-state index is 14.5. The van der Waals surface area contributed by atoms with Gasteiger partial charge in [-0.3, -0.25) is 4.68 Å². The molecule has 12 heteroatoms. The van der Waals surface area contributed by atoms with Crippen LogP contribution in [0.1, 0.15) is 100 Å². The van der Waals surface area contributed by atoms with Crippen molar-refractivity contribution in [1.82, 2.24) is 29.0 Å². The molecule has 1 saturated carbocycles. The molecule has 3 aromatic rings. The summed E-state index contributed by atoms with van der Waals surface area (Å²) < 4.78 is 62.8. The molecular formula is C40H60N6O4S2. The molecule has 6 rings (SSSR count). The molecule has 0 amide bonds. The Balaban J connectivity index is 1.21. The van der Waals surface area contributed by atoms with Gasteiger partial charge in [-0.2, -0.15) is 13.7 Å². The third-order valence-corrected chi connectivity index (χ3v) is 15.7.